The molecule has 0 spiro atoms. The van der Waals surface area contributed by atoms with Gasteiger partial charge in [-0.15, -0.1) is 0 Å². The first-order valence-electron chi connectivity index (χ1n) is 7.17. The maximum absolute atomic E-state index is 11.9. The van der Waals surface area contributed by atoms with Gasteiger partial charge in [-0.25, -0.2) is 0 Å². The van der Waals surface area contributed by atoms with Crippen LogP contribution in [0.15, 0.2) is 30.3 Å². The summed E-state index contributed by atoms with van der Waals surface area (Å²) in [5.74, 6) is 0.178. The Kier molecular flexibility index (Phi) is 4.59. The number of carbonyl (C=O) groups excluding carboxylic acids is 1. The monoisotopic (exact) mass is 261 g/mol. The number of rotatable bonds is 6. The Balaban J connectivity index is 1.66. The van der Waals surface area contributed by atoms with E-state index in [0.717, 1.165) is 25.7 Å². The number of aliphatic hydroxyl groups is 1. The summed E-state index contributed by atoms with van der Waals surface area (Å²) in [4.78, 5) is 13.7. The summed E-state index contributed by atoms with van der Waals surface area (Å²) in [5, 5.41) is 10.0. The third-order valence-corrected chi connectivity index (χ3v) is 3.74. The summed E-state index contributed by atoms with van der Waals surface area (Å²) in [5.41, 5.74) is 0.672. The van der Waals surface area contributed by atoms with Crippen LogP contribution in [-0.2, 0) is 11.2 Å². The molecule has 1 aromatic rings. The van der Waals surface area contributed by atoms with E-state index < -0.39 is 5.60 Å². The fraction of sp³-hybridized carbons (Fsp3) is 0.562. The molecule has 0 atom stereocenters. The fourth-order valence-corrected chi connectivity index (χ4v) is 2.71. The van der Waals surface area contributed by atoms with Crippen LogP contribution in [0.25, 0.3) is 0 Å². The molecule has 1 amide bonds. The molecule has 1 aliphatic heterocycles. The standard InChI is InChI=1S/C16H23NO2/c1-2-11-16(19)12-17(13-16)15(18)10-6-9-14-7-4-3-5-8-14/h3-5,7-8,19H,2,6,9-13H2,1H3. The molecule has 1 saturated heterocycles. The van der Waals surface area contributed by atoms with Crippen molar-refractivity contribution in [1.29, 1.82) is 0 Å². The molecule has 19 heavy (non-hydrogen) atoms. The lowest BCUT2D eigenvalue weighted by Crippen LogP contribution is -2.63. The van der Waals surface area contributed by atoms with Crippen LogP contribution in [0.2, 0.25) is 0 Å². The average Bonchev–Trinajstić information content (AvgIpc) is 2.37. The van der Waals surface area contributed by atoms with Gasteiger partial charge in [0.15, 0.2) is 0 Å². The third kappa shape index (κ3) is 3.80. The van der Waals surface area contributed by atoms with Gasteiger partial charge in [0, 0.05) is 6.42 Å². The predicted octanol–water partition coefficient (Wildman–Crippen LogP) is 2.38. The Bertz CT molecular complexity index is 410. The van der Waals surface area contributed by atoms with Gasteiger partial charge in [0.1, 0.15) is 0 Å². The first-order valence-corrected chi connectivity index (χ1v) is 7.17. The highest BCUT2D eigenvalue weighted by atomic mass is 16.3. The van der Waals surface area contributed by atoms with Crippen molar-refractivity contribution in [2.24, 2.45) is 0 Å². The number of amides is 1. The molecule has 0 aliphatic carbocycles. The molecule has 1 aliphatic rings. The molecule has 1 fully saturated rings. The lowest BCUT2D eigenvalue weighted by molar-refractivity contribution is -0.156. The fourth-order valence-electron chi connectivity index (χ4n) is 2.71. The van der Waals surface area contributed by atoms with E-state index >= 15 is 0 Å². The van der Waals surface area contributed by atoms with Gasteiger partial charge >= 0.3 is 0 Å². The molecule has 104 valence electrons. The van der Waals surface area contributed by atoms with Crippen LogP contribution in [0.5, 0.6) is 0 Å². The Morgan fingerprint density at radius 1 is 1.32 bits per heavy atom. The highest BCUT2D eigenvalue weighted by molar-refractivity contribution is 5.77. The molecule has 3 heteroatoms. The molecule has 0 aromatic heterocycles. The molecule has 2 rings (SSSR count). The van der Waals surface area contributed by atoms with Crippen molar-refractivity contribution >= 4 is 5.91 Å². The maximum Gasteiger partial charge on any atom is 0.222 e. The van der Waals surface area contributed by atoms with Gasteiger partial charge in [0.2, 0.25) is 5.91 Å². The van der Waals surface area contributed by atoms with Gasteiger partial charge in [-0.2, -0.15) is 0 Å². The van der Waals surface area contributed by atoms with Crippen LogP contribution < -0.4 is 0 Å². The number of hydrogen-bond acceptors (Lipinski definition) is 2. The first-order chi connectivity index (χ1) is 9.13. The maximum atomic E-state index is 11.9. The molecule has 0 saturated carbocycles. The first kappa shape index (κ1) is 14.1. The lowest BCUT2D eigenvalue weighted by atomic mass is 9.89. The minimum Gasteiger partial charge on any atom is -0.386 e. The minimum absolute atomic E-state index is 0.178. The van der Waals surface area contributed by atoms with Crippen LogP contribution in [0, 0.1) is 0 Å². The number of likely N-dealkylation sites (tertiary alicyclic amines) is 1. The van der Waals surface area contributed by atoms with E-state index in [9.17, 15) is 9.90 Å². The number of benzene rings is 1. The zero-order valence-electron chi connectivity index (χ0n) is 11.6. The van der Waals surface area contributed by atoms with Crippen molar-refractivity contribution in [2.75, 3.05) is 13.1 Å². The van der Waals surface area contributed by atoms with Crippen molar-refractivity contribution in [3.63, 3.8) is 0 Å². The predicted molar refractivity (Wildman–Crippen MR) is 75.8 cm³/mol. The Hall–Kier alpha value is -1.35. The van der Waals surface area contributed by atoms with Crippen LogP contribution in [0.4, 0.5) is 0 Å². The van der Waals surface area contributed by atoms with E-state index in [-0.39, 0.29) is 5.91 Å². The van der Waals surface area contributed by atoms with Crippen molar-refractivity contribution in [2.45, 2.75) is 44.6 Å². The molecular weight excluding hydrogens is 238 g/mol. The molecule has 3 nitrogen and oxygen atoms in total. The highest BCUT2D eigenvalue weighted by Crippen LogP contribution is 2.26. The number of β-amino-alcohol motifs (C(OH)–C–C–N with tert-alkyl or cyclic N) is 1. The van der Waals surface area contributed by atoms with Crippen molar-refractivity contribution in [3.05, 3.63) is 35.9 Å². The number of hydrogen-bond donors (Lipinski definition) is 1. The summed E-state index contributed by atoms with van der Waals surface area (Å²) >= 11 is 0. The van der Waals surface area contributed by atoms with Crippen LogP contribution in [0.3, 0.4) is 0 Å². The van der Waals surface area contributed by atoms with Gasteiger partial charge in [0.25, 0.3) is 0 Å². The summed E-state index contributed by atoms with van der Waals surface area (Å²) in [6, 6.07) is 10.2. The van der Waals surface area contributed by atoms with E-state index in [4.69, 9.17) is 0 Å². The lowest BCUT2D eigenvalue weighted by Gasteiger charge is -2.46. The topological polar surface area (TPSA) is 40.5 Å². The normalized spacial score (nSPS) is 17.1. The molecule has 1 heterocycles. The van der Waals surface area contributed by atoms with Crippen molar-refractivity contribution in [3.8, 4) is 0 Å². The largest absolute Gasteiger partial charge is 0.386 e. The summed E-state index contributed by atoms with van der Waals surface area (Å²) in [6.45, 7) is 3.10. The summed E-state index contributed by atoms with van der Waals surface area (Å²) in [6.07, 6.45) is 4.16. The Morgan fingerprint density at radius 2 is 2.00 bits per heavy atom. The Labute approximate surface area is 115 Å². The number of aryl methyl sites for hydroxylation is 1. The smallest absolute Gasteiger partial charge is 0.222 e. The van der Waals surface area contributed by atoms with E-state index in [2.05, 4.69) is 19.1 Å². The van der Waals surface area contributed by atoms with Gasteiger partial charge in [-0.1, -0.05) is 43.7 Å². The minimum atomic E-state index is -0.607. The van der Waals surface area contributed by atoms with Gasteiger partial charge in [-0.05, 0) is 24.8 Å². The number of nitrogens with zero attached hydrogens (tertiary/aromatic N) is 1. The summed E-state index contributed by atoms with van der Waals surface area (Å²) in [7, 11) is 0. The van der Waals surface area contributed by atoms with Gasteiger partial charge in [0.05, 0.1) is 18.7 Å². The van der Waals surface area contributed by atoms with E-state index in [0.29, 0.717) is 19.5 Å². The van der Waals surface area contributed by atoms with E-state index in [1.807, 2.05) is 18.2 Å². The molecule has 0 unspecified atom stereocenters. The second kappa shape index (κ2) is 6.20. The van der Waals surface area contributed by atoms with Crippen LogP contribution in [0.1, 0.15) is 38.2 Å². The van der Waals surface area contributed by atoms with E-state index in [1.54, 1.807) is 4.90 Å². The molecule has 1 aromatic carbocycles. The summed E-state index contributed by atoms with van der Waals surface area (Å²) < 4.78 is 0. The highest BCUT2D eigenvalue weighted by Gasteiger charge is 2.42. The molecular formula is C16H23NO2. The van der Waals surface area contributed by atoms with Gasteiger partial charge in [-0.3, -0.25) is 4.79 Å². The molecule has 1 N–H and O–H groups in total. The third-order valence-electron chi connectivity index (χ3n) is 3.74. The second-order valence-electron chi connectivity index (χ2n) is 5.56. The second-order valence-corrected chi connectivity index (χ2v) is 5.56. The molecule has 0 bridgehead atoms. The van der Waals surface area contributed by atoms with Crippen LogP contribution in [-0.4, -0.2) is 34.6 Å². The van der Waals surface area contributed by atoms with Crippen LogP contribution >= 0.6 is 0 Å². The zero-order chi connectivity index (χ0) is 13.7. The van der Waals surface area contributed by atoms with Crippen molar-refractivity contribution < 1.29 is 9.90 Å². The van der Waals surface area contributed by atoms with Gasteiger partial charge < -0.3 is 10.0 Å². The number of carbonyl (C=O) groups is 1. The zero-order valence-corrected chi connectivity index (χ0v) is 11.6. The quantitative estimate of drug-likeness (QED) is 0.854. The van der Waals surface area contributed by atoms with Crippen molar-refractivity contribution in [1.82, 2.24) is 4.90 Å². The van der Waals surface area contributed by atoms with E-state index in [1.165, 1.54) is 5.56 Å². The molecule has 0 radical (unpaired) electrons. The Morgan fingerprint density at radius 3 is 2.63 bits per heavy atom. The SMILES string of the molecule is CCCC1(O)CN(C(=O)CCCc2ccccc2)C1. The average molecular weight is 261 g/mol.